The monoisotopic (exact) mass is 804 g/mol. The summed E-state index contributed by atoms with van der Waals surface area (Å²) < 4.78 is 9.19. The van der Waals surface area contributed by atoms with E-state index in [2.05, 4.69) is 156 Å². The van der Waals surface area contributed by atoms with Gasteiger partial charge < -0.3 is 8.98 Å². The first-order valence-corrected chi connectivity index (χ1v) is 21.4. The van der Waals surface area contributed by atoms with E-state index in [-0.39, 0.29) is 0 Å². The van der Waals surface area contributed by atoms with Gasteiger partial charge in [0.1, 0.15) is 11.2 Å². The molecule has 0 saturated carbocycles. The van der Waals surface area contributed by atoms with Gasteiger partial charge in [0.15, 0.2) is 17.5 Å². The Kier molecular flexibility index (Phi) is 7.75. The number of nitrogens with zero attached hydrogens (tertiary/aromatic N) is 4. The maximum absolute atomic E-state index is 6.77. The molecule has 63 heavy (non-hydrogen) atoms. The molecule has 3 heterocycles. The topological polar surface area (TPSA) is 56.7 Å². The van der Waals surface area contributed by atoms with E-state index in [1.54, 1.807) is 0 Å². The Morgan fingerprint density at radius 2 is 0.937 bits per heavy atom. The first kappa shape index (κ1) is 35.4. The second kappa shape index (κ2) is 13.8. The van der Waals surface area contributed by atoms with Crippen molar-refractivity contribution in [2.24, 2.45) is 0 Å². The molecule has 0 N–H and O–H groups in total. The highest BCUT2D eigenvalue weighted by Crippen LogP contribution is 2.57. The van der Waals surface area contributed by atoms with E-state index < -0.39 is 5.41 Å². The fourth-order valence-corrected chi connectivity index (χ4v) is 10.2. The Morgan fingerprint density at radius 3 is 1.63 bits per heavy atom. The molecule has 0 bridgehead atoms. The van der Waals surface area contributed by atoms with Gasteiger partial charge in [-0.15, -0.1) is 0 Å². The molecular weight excluding hydrogens is 769 g/mol. The van der Waals surface area contributed by atoms with Gasteiger partial charge in [-0.05, 0) is 75.8 Å². The number of furan rings is 1. The van der Waals surface area contributed by atoms with Crippen molar-refractivity contribution in [2.75, 3.05) is 0 Å². The van der Waals surface area contributed by atoms with Crippen LogP contribution in [0.3, 0.4) is 0 Å². The molecule has 5 nitrogen and oxygen atoms in total. The quantitative estimate of drug-likeness (QED) is 0.168. The zero-order valence-electron chi connectivity index (χ0n) is 34.0. The van der Waals surface area contributed by atoms with Crippen LogP contribution in [0.15, 0.2) is 223 Å². The van der Waals surface area contributed by atoms with Crippen molar-refractivity contribution in [3.63, 3.8) is 0 Å². The molecular formula is C58H36N4O. The molecule has 3 aromatic heterocycles. The SMILES string of the molecule is c1ccc(-c2nc(-c3ccccc3)nc(-c3cccc4c3oc3ccc(-n5c6ccccc6c6cc7c(cc65)-c5ccccc5C7(c5ccccc5)c5ccccc5)cc34)n2)cc1. The fraction of sp³-hybridized carbons (Fsp3) is 0.0172. The first-order valence-electron chi connectivity index (χ1n) is 21.4. The molecule has 294 valence electrons. The number of fused-ring (bicyclic) bond motifs is 9. The minimum Gasteiger partial charge on any atom is -0.455 e. The van der Waals surface area contributed by atoms with E-state index in [9.17, 15) is 0 Å². The molecule has 12 aromatic rings. The minimum absolute atomic E-state index is 0.486. The smallest absolute Gasteiger partial charge is 0.167 e. The van der Waals surface area contributed by atoms with Crippen LogP contribution in [0.5, 0.6) is 0 Å². The first-order chi connectivity index (χ1) is 31.2. The summed E-state index contributed by atoms with van der Waals surface area (Å²) in [5, 5.41) is 4.44. The summed E-state index contributed by atoms with van der Waals surface area (Å²) >= 11 is 0. The fourth-order valence-electron chi connectivity index (χ4n) is 10.2. The van der Waals surface area contributed by atoms with E-state index in [1.807, 2.05) is 66.7 Å². The second-order valence-electron chi connectivity index (χ2n) is 16.3. The van der Waals surface area contributed by atoms with Crippen LogP contribution in [0, 0.1) is 0 Å². The molecule has 9 aromatic carbocycles. The lowest BCUT2D eigenvalue weighted by molar-refractivity contribution is 0.669. The molecule has 0 aliphatic heterocycles. The standard InChI is InChI=1S/C58H36N4O/c1-5-18-37(19-6-1)55-59-56(38-20-7-2-8-21-38)61-57(60-55)45-29-17-28-44-48-34-41(32-33-53(48)63-54(44)45)62-51-31-16-14-27-43(51)47-35-50-46(36-52(47)62)42-26-13-15-30-49(42)58(50,39-22-9-3-10-23-39)40-24-11-4-12-25-40/h1-36H. The Morgan fingerprint density at radius 1 is 0.365 bits per heavy atom. The molecule has 5 heteroatoms. The van der Waals surface area contributed by atoms with Crippen molar-refractivity contribution < 1.29 is 4.42 Å². The van der Waals surface area contributed by atoms with E-state index >= 15 is 0 Å². The van der Waals surface area contributed by atoms with Gasteiger partial charge in [0.25, 0.3) is 0 Å². The summed E-state index contributed by atoms with van der Waals surface area (Å²) in [6.07, 6.45) is 0. The number of rotatable bonds is 6. The number of aromatic nitrogens is 4. The summed E-state index contributed by atoms with van der Waals surface area (Å²) in [5.41, 5.74) is 14.7. The largest absolute Gasteiger partial charge is 0.455 e. The number of benzene rings is 9. The predicted octanol–water partition coefficient (Wildman–Crippen LogP) is 14.2. The van der Waals surface area contributed by atoms with E-state index in [1.165, 1.54) is 44.2 Å². The number of hydrogen-bond donors (Lipinski definition) is 0. The molecule has 1 aliphatic carbocycles. The minimum atomic E-state index is -0.486. The molecule has 0 amide bonds. The highest BCUT2D eigenvalue weighted by atomic mass is 16.3. The third kappa shape index (κ3) is 5.27. The lowest BCUT2D eigenvalue weighted by Crippen LogP contribution is -2.28. The van der Waals surface area contributed by atoms with Gasteiger partial charge in [-0.1, -0.05) is 176 Å². The molecule has 0 fully saturated rings. The van der Waals surface area contributed by atoms with Gasteiger partial charge >= 0.3 is 0 Å². The van der Waals surface area contributed by atoms with Gasteiger partial charge in [-0.2, -0.15) is 0 Å². The molecule has 0 radical (unpaired) electrons. The summed E-state index contributed by atoms with van der Waals surface area (Å²) in [4.78, 5) is 15.0. The van der Waals surface area contributed by atoms with Crippen LogP contribution in [-0.4, -0.2) is 19.5 Å². The Bertz CT molecular complexity index is 3630. The maximum atomic E-state index is 6.77. The molecule has 0 spiro atoms. The van der Waals surface area contributed by atoms with Crippen LogP contribution in [0.1, 0.15) is 22.3 Å². The average molecular weight is 805 g/mol. The summed E-state index contributed by atoms with van der Waals surface area (Å²) in [6.45, 7) is 0. The number of para-hydroxylation sites is 2. The Hall–Kier alpha value is -8.41. The highest BCUT2D eigenvalue weighted by Gasteiger charge is 2.46. The van der Waals surface area contributed by atoms with E-state index in [4.69, 9.17) is 19.4 Å². The molecule has 13 rings (SSSR count). The molecule has 0 atom stereocenters. The summed E-state index contributed by atoms with van der Waals surface area (Å²) in [7, 11) is 0. The molecule has 0 unspecified atom stereocenters. The average Bonchev–Trinajstić information content (AvgIpc) is 4.00. The van der Waals surface area contributed by atoms with Gasteiger partial charge in [-0.3, -0.25) is 0 Å². The maximum Gasteiger partial charge on any atom is 0.167 e. The van der Waals surface area contributed by atoms with Crippen LogP contribution in [-0.2, 0) is 5.41 Å². The third-order valence-electron chi connectivity index (χ3n) is 12.9. The van der Waals surface area contributed by atoms with Gasteiger partial charge in [-0.25, -0.2) is 15.0 Å². The van der Waals surface area contributed by atoms with Crippen molar-refractivity contribution in [1.29, 1.82) is 0 Å². The Balaban J connectivity index is 1.03. The van der Waals surface area contributed by atoms with Crippen molar-refractivity contribution >= 4 is 43.7 Å². The Labute approximate surface area is 363 Å². The van der Waals surface area contributed by atoms with E-state index in [0.717, 1.165) is 55.3 Å². The van der Waals surface area contributed by atoms with E-state index in [0.29, 0.717) is 17.5 Å². The molecule has 0 saturated heterocycles. The third-order valence-corrected chi connectivity index (χ3v) is 12.9. The zero-order valence-corrected chi connectivity index (χ0v) is 34.0. The van der Waals surface area contributed by atoms with Gasteiger partial charge in [0, 0.05) is 38.4 Å². The summed E-state index contributed by atoms with van der Waals surface area (Å²) in [5.74, 6) is 1.78. The van der Waals surface area contributed by atoms with Crippen molar-refractivity contribution in [3.05, 3.63) is 241 Å². The van der Waals surface area contributed by atoms with Crippen LogP contribution >= 0.6 is 0 Å². The lowest BCUT2D eigenvalue weighted by atomic mass is 9.67. The highest BCUT2D eigenvalue weighted by molar-refractivity contribution is 6.13. The van der Waals surface area contributed by atoms with Crippen molar-refractivity contribution in [1.82, 2.24) is 19.5 Å². The van der Waals surface area contributed by atoms with Crippen LogP contribution in [0.25, 0.3) is 94.7 Å². The predicted molar refractivity (Wildman–Crippen MR) is 255 cm³/mol. The van der Waals surface area contributed by atoms with Crippen LogP contribution in [0.4, 0.5) is 0 Å². The van der Waals surface area contributed by atoms with Gasteiger partial charge in [0.05, 0.1) is 22.0 Å². The van der Waals surface area contributed by atoms with Crippen LogP contribution < -0.4 is 0 Å². The van der Waals surface area contributed by atoms with Crippen molar-refractivity contribution in [3.8, 4) is 51.0 Å². The van der Waals surface area contributed by atoms with Crippen molar-refractivity contribution in [2.45, 2.75) is 5.41 Å². The van der Waals surface area contributed by atoms with Gasteiger partial charge in [0.2, 0.25) is 0 Å². The lowest BCUT2D eigenvalue weighted by Gasteiger charge is -2.33. The normalized spacial score (nSPS) is 12.9. The number of hydrogen-bond acceptors (Lipinski definition) is 4. The summed E-state index contributed by atoms with van der Waals surface area (Å²) in [6, 6.07) is 77.6. The molecule has 1 aliphatic rings. The zero-order chi connectivity index (χ0) is 41.5. The second-order valence-corrected chi connectivity index (χ2v) is 16.3. The van der Waals surface area contributed by atoms with Crippen LogP contribution in [0.2, 0.25) is 0 Å².